The quantitative estimate of drug-likeness (QED) is 0.533. The van der Waals surface area contributed by atoms with Crippen LogP contribution in [0, 0.1) is 6.92 Å². The lowest BCUT2D eigenvalue weighted by molar-refractivity contribution is -0.137. The zero-order chi connectivity index (χ0) is 22.6. The van der Waals surface area contributed by atoms with E-state index in [1.165, 1.54) is 18.2 Å². The first kappa shape index (κ1) is 22.2. The fraction of sp³-hybridized carbons (Fsp3) is 0.273. The summed E-state index contributed by atoms with van der Waals surface area (Å²) in [6, 6.07) is 8.99. The highest BCUT2D eigenvalue weighted by Crippen LogP contribution is 2.35. The van der Waals surface area contributed by atoms with Crippen LogP contribution in [0.4, 0.5) is 18.9 Å². The van der Waals surface area contributed by atoms with Gasteiger partial charge in [0.05, 0.1) is 17.9 Å². The summed E-state index contributed by atoms with van der Waals surface area (Å²) in [5.41, 5.74) is -0.482. The molecule has 0 atom stereocenters. The first-order valence-electron chi connectivity index (χ1n) is 9.48. The maximum absolute atomic E-state index is 13.0. The molecule has 164 valence electrons. The number of nitrogens with one attached hydrogen (secondary N) is 1. The number of fused-ring (bicyclic) bond motifs is 1. The van der Waals surface area contributed by atoms with Gasteiger partial charge in [0.2, 0.25) is 0 Å². The number of amides is 1. The van der Waals surface area contributed by atoms with Crippen LogP contribution in [0.2, 0.25) is 0 Å². The third-order valence-corrected chi connectivity index (χ3v) is 4.34. The largest absolute Gasteiger partial charge is 0.491 e. The molecule has 0 aliphatic heterocycles. The van der Waals surface area contributed by atoms with E-state index in [4.69, 9.17) is 13.9 Å². The van der Waals surface area contributed by atoms with Gasteiger partial charge in [0, 0.05) is 17.5 Å². The Balaban J connectivity index is 1.74. The van der Waals surface area contributed by atoms with Crippen LogP contribution in [-0.4, -0.2) is 19.1 Å². The highest BCUT2D eigenvalue weighted by atomic mass is 19.4. The van der Waals surface area contributed by atoms with Crippen LogP contribution in [0.15, 0.2) is 51.7 Å². The maximum atomic E-state index is 13.0. The summed E-state index contributed by atoms with van der Waals surface area (Å²) >= 11 is 0. The molecule has 0 unspecified atom stereocenters. The van der Waals surface area contributed by atoms with Gasteiger partial charge in [-0.05, 0) is 49.2 Å². The van der Waals surface area contributed by atoms with Crippen LogP contribution >= 0.6 is 0 Å². The van der Waals surface area contributed by atoms with Crippen LogP contribution in [0.25, 0.3) is 11.0 Å². The second-order valence-corrected chi connectivity index (χ2v) is 6.80. The van der Waals surface area contributed by atoms with E-state index in [1.54, 1.807) is 19.1 Å². The first-order valence-corrected chi connectivity index (χ1v) is 9.48. The van der Waals surface area contributed by atoms with Crippen molar-refractivity contribution in [3.05, 3.63) is 64.0 Å². The maximum Gasteiger partial charge on any atom is 0.416 e. The zero-order valence-corrected chi connectivity index (χ0v) is 16.8. The normalized spacial score (nSPS) is 11.4. The van der Waals surface area contributed by atoms with E-state index in [-0.39, 0.29) is 23.8 Å². The second-order valence-electron chi connectivity index (χ2n) is 6.80. The van der Waals surface area contributed by atoms with Gasteiger partial charge in [0.15, 0.2) is 6.61 Å². The van der Waals surface area contributed by atoms with Crippen molar-refractivity contribution in [2.75, 3.05) is 18.5 Å². The molecule has 0 saturated heterocycles. The molecule has 0 spiro atoms. The molecule has 3 aromatic rings. The summed E-state index contributed by atoms with van der Waals surface area (Å²) in [6.07, 6.45) is -3.92. The van der Waals surface area contributed by atoms with E-state index >= 15 is 0 Å². The molecular formula is C22H20F3NO5. The SMILES string of the molecule is CCCOc1ccc(C(F)(F)F)cc1NC(=O)COc1ccc2c(C)cc(=O)oc2c1. The Morgan fingerprint density at radius 1 is 1.10 bits per heavy atom. The van der Waals surface area contributed by atoms with Gasteiger partial charge < -0.3 is 19.2 Å². The molecule has 1 heterocycles. The van der Waals surface area contributed by atoms with Crippen LogP contribution in [0.5, 0.6) is 11.5 Å². The van der Waals surface area contributed by atoms with Crippen molar-refractivity contribution in [3.63, 3.8) is 0 Å². The Morgan fingerprint density at radius 2 is 1.87 bits per heavy atom. The van der Waals surface area contributed by atoms with E-state index < -0.39 is 29.9 Å². The number of rotatable bonds is 7. The topological polar surface area (TPSA) is 77.8 Å². The predicted octanol–water partition coefficient (Wildman–Crippen LogP) is 4.93. The molecule has 6 nitrogen and oxygen atoms in total. The van der Waals surface area contributed by atoms with Gasteiger partial charge in [-0.2, -0.15) is 13.2 Å². The van der Waals surface area contributed by atoms with Gasteiger partial charge in [0.1, 0.15) is 17.1 Å². The van der Waals surface area contributed by atoms with E-state index in [0.717, 1.165) is 23.1 Å². The number of hydrogen-bond acceptors (Lipinski definition) is 5. The molecule has 1 N–H and O–H groups in total. The number of benzene rings is 2. The minimum atomic E-state index is -4.56. The number of halogens is 3. The van der Waals surface area contributed by atoms with Crippen LogP contribution in [0.1, 0.15) is 24.5 Å². The number of anilines is 1. The molecule has 0 fully saturated rings. The summed E-state index contributed by atoms with van der Waals surface area (Å²) in [7, 11) is 0. The molecule has 3 rings (SSSR count). The molecular weight excluding hydrogens is 415 g/mol. The monoisotopic (exact) mass is 435 g/mol. The number of alkyl halides is 3. The standard InChI is InChI=1S/C22H20F3NO5/c1-3-8-29-18-7-4-14(22(23,24)25)10-17(18)26-20(27)12-30-15-5-6-16-13(2)9-21(28)31-19(16)11-15/h4-7,9-11H,3,8,12H2,1-2H3,(H,26,27). The number of carbonyl (C=O) groups excluding carboxylic acids is 1. The van der Waals surface area contributed by atoms with E-state index in [9.17, 15) is 22.8 Å². The van der Waals surface area contributed by atoms with Gasteiger partial charge in [-0.25, -0.2) is 4.79 Å². The lowest BCUT2D eigenvalue weighted by Crippen LogP contribution is -2.21. The number of hydrogen-bond donors (Lipinski definition) is 1. The second kappa shape index (κ2) is 9.11. The highest BCUT2D eigenvalue weighted by Gasteiger charge is 2.31. The van der Waals surface area contributed by atoms with Gasteiger partial charge in [-0.15, -0.1) is 0 Å². The van der Waals surface area contributed by atoms with Crippen LogP contribution < -0.4 is 20.4 Å². The lowest BCUT2D eigenvalue weighted by Gasteiger charge is -2.15. The molecule has 0 saturated carbocycles. The Morgan fingerprint density at radius 3 is 2.58 bits per heavy atom. The Labute approximate surface area is 175 Å². The molecule has 9 heteroatoms. The van der Waals surface area contributed by atoms with E-state index in [0.29, 0.717) is 12.0 Å². The van der Waals surface area contributed by atoms with E-state index in [1.807, 2.05) is 6.92 Å². The van der Waals surface area contributed by atoms with Crippen molar-refractivity contribution in [2.45, 2.75) is 26.4 Å². The molecule has 31 heavy (non-hydrogen) atoms. The third-order valence-electron chi connectivity index (χ3n) is 4.34. The van der Waals surface area contributed by atoms with Crippen LogP contribution in [-0.2, 0) is 11.0 Å². The number of carbonyl (C=O) groups is 1. The van der Waals surface area contributed by atoms with Gasteiger partial charge in [-0.1, -0.05) is 6.92 Å². The predicted molar refractivity (Wildman–Crippen MR) is 109 cm³/mol. The van der Waals surface area contributed by atoms with Crippen molar-refractivity contribution in [1.29, 1.82) is 0 Å². The molecule has 0 aliphatic rings. The Kier molecular flexibility index (Phi) is 6.53. The summed E-state index contributed by atoms with van der Waals surface area (Å²) in [5.74, 6) is -0.277. The van der Waals surface area contributed by atoms with Gasteiger partial charge in [0.25, 0.3) is 5.91 Å². The molecule has 1 amide bonds. The minimum Gasteiger partial charge on any atom is -0.491 e. The Bertz CT molecular complexity index is 1150. The molecule has 1 aromatic heterocycles. The van der Waals surface area contributed by atoms with E-state index in [2.05, 4.69) is 5.32 Å². The molecule has 0 radical (unpaired) electrons. The molecule has 0 bridgehead atoms. The minimum absolute atomic E-state index is 0.1000. The fourth-order valence-corrected chi connectivity index (χ4v) is 2.87. The smallest absolute Gasteiger partial charge is 0.416 e. The lowest BCUT2D eigenvalue weighted by atomic mass is 10.1. The average molecular weight is 435 g/mol. The van der Waals surface area contributed by atoms with Crippen molar-refractivity contribution < 1.29 is 31.9 Å². The summed E-state index contributed by atoms with van der Waals surface area (Å²) in [5, 5.41) is 3.12. The van der Waals surface area contributed by atoms with Gasteiger partial charge in [-0.3, -0.25) is 4.79 Å². The van der Waals surface area contributed by atoms with Crippen molar-refractivity contribution >= 4 is 22.6 Å². The van der Waals surface area contributed by atoms with Gasteiger partial charge >= 0.3 is 11.8 Å². The Hall–Kier alpha value is -3.49. The number of aryl methyl sites for hydroxylation is 1. The van der Waals surface area contributed by atoms with Crippen molar-refractivity contribution in [2.24, 2.45) is 0 Å². The van der Waals surface area contributed by atoms with Crippen LogP contribution in [0.3, 0.4) is 0 Å². The average Bonchev–Trinajstić information content (AvgIpc) is 2.70. The molecule has 2 aromatic carbocycles. The van der Waals surface area contributed by atoms with Crippen molar-refractivity contribution in [3.8, 4) is 11.5 Å². The zero-order valence-electron chi connectivity index (χ0n) is 16.8. The number of ether oxygens (including phenoxy) is 2. The summed E-state index contributed by atoms with van der Waals surface area (Å²) in [4.78, 5) is 23.8. The first-order chi connectivity index (χ1) is 14.7. The highest BCUT2D eigenvalue weighted by molar-refractivity contribution is 5.93. The molecule has 0 aliphatic carbocycles. The third kappa shape index (κ3) is 5.56. The summed E-state index contributed by atoms with van der Waals surface area (Å²) in [6.45, 7) is 3.43. The van der Waals surface area contributed by atoms with Crippen molar-refractivity contribution in [1.82, 2.24) is 0 Å². The fourth-order valence-electron chi connectivity index (χ4n) is 2.87. The summed E-state index contributed by atoms with van der Waals surface area (Å²) < 4.78 is 55.1.